The van der Waals surface area contributed by atoms with Gasteiger partial charge in [0, 0.05) is 32.0 Å². The van der Waals surface area contributed by atoms with Crippen LogP contribution in [0.25, 0.3) is 0 Å². The molecule has 7 nitrogen and oxygen atoms in total. The lowest BCUT2D eigenvalue weighted by molar-refractivity contribution is -0.146. The highest BCUT2D eigenvalue weighted by Crippen LogP contribution is 2.44. The number of carbonyl (C=O) groups is 1. The number of hydrogen-bond donors (Lipinski definition) is 1. The Kier molecular flexibility index (Phi) is 6.41. The summed E-state index contributed by atoms with van der Waals surface area (Å²) in [6.07, 6.45) is 5.34. The normalized spacial score (nSPS) is 20.9. The summed E-state index contributed by atoms with van der Waals surface area (Å²) in [5.74, 6) is 0.0475. The van der Waals surface area contributed by atoms with Crippen molar-refractivity contribution in [2.75, 3.05) is 18.8 Å². The number of sulfonamides is 1. The summed E-state index contributed by atoms with van der Waals surface area (Å²) in [6.45, 7) is 2.98. The van der Waals surface area contributed by atoms with E-state index < -0.39 is 15.6 Å². The topological polar surface area (TPSA) is 88.6 Å². The van der Waals surface area contributed by atoms with Gasteiger partial charge < -0.3 is 10.1 Å². The highest BCUT2D eigenvalue weighted by atomic mass is 32.2. The van der Waals surface area contributed by atoms with Crippen LogP contribution in [0.5, 0.6) is 0 Å². The molecule has 166 valence electrons. The van der Waals surface area contributed by atoms with E-state index in [1.54, 1.807) is 23.6 Å². The number of piperidine rings is 1. The monoisotopic (exact) mass is 443 g/mol. The lowest BCUT2D eigenvalue weighted by Crippen LogP contribution is -2.51. The van der Waals surface area contributed by atoms with Crippen LogP contribution in [-0.2, 0) is 38.1 Å². The Morgan fingerprint density at radius 2 is 2.00 bits per heavy atom. The SMILES string of the molecule is CCS(=O)(=O)N1CCC2(CC1)OC(CC(=O)NCc1cccnc1)Cc1ccccc12. The summed E-state index contributed by atoms with van der Waals surface area (Å²) >= 11 is 0. The fourth-order valence-corrected chi connectivity index (χ4v) is 5.71. The molecule has 0 aliphatic carbocycles. The molecule has 0 saturated carbocycles. The Balaban J connectivity index is 1.46. The van der Waals surface area contributed by atoms with Gasteiger partial charge in [-0.1, -0.05) is 30.3 Å². The van der Waals surface area contributed by atoms with Gasteiger partial charge in [0.2, 0.25) is 15.9 Å². The summed E-state index contributed by atoms with van der Waals surface area (Å²) < 4.78 is 32.7. The molecule has 1 unspecified atom stereocenters. The highest BCUT2D eigenvalue weighted by molar-refractivity contribution is 7.89. The molecule has 1 saturated heterocycles. The van der Waals surface area contributed by atoms with Crippen molar-refractivity contribution in [3.05, 3.63) is 65.5 Å². The molecule has 0 radical (unpaired) electrons. The van der Waals surface area contributed by atoms with Gasteiger partial charge in [0.25, 0.3) is 0 Å². The van der Waals surface area contributed by atoms with Gasteiger partial charge in [0.1, 0.15) is 0 Å². The molecular formula is C23H29N3O4S. The smallest absolute Gasteiger partial charge is 0.222 e. The van der Waals surface area contributed by atoms with Crippen molar-refractivity contribution in [2.45, 2.75) is 50.9 Å². The number of nitrogens with one attached hydrogen (secondary N) is 1. The van der Waals surface area contributed by atoms with E-state index in [9.17, 15) is 13.2 Å². The van der Waals surface area contributed by atoms with Gasteiger partial charge in [0.05, 0.1) is 23.9 Å². The third-order valence-corrected chi connectivity index (χ3v) is 8.14. The molecule has 2 aromatic rings. The van der Waals surface area contributed by atoms with Crippen LogP contribution < -0.4 is 5.32 Å². The third-order valence-electron chi connectivity index (χ3n) is 6.26. The molecule has 1 aromatic heterocycles. The van der Waals surface area contributed by atoms with Gasteiger partial charge in [0.15, 0.2) is 0 Å². The minimum absolute atomic E-state index is 0.0608. The van der Waals surface area contributed by atoms with Crippen LogP contribution in [0.1, 0.15) is 42.9 Å². The second-order valence-electron chi connectivity index (χ2n) is 8.24. The van der Waals surface area contributed by atoms with Crippen LogP contribution in [0, 0.1) is 0 Å². The summed E-state index contributed by atoms with van der Waals surface area (Å²) in [7, 11) is -3.21. The maximum atomic E-state index is 12.6. The largest absolute Gasteiger partial charge is 0.366 e. The molecule has 1 spiro atoms. The Labute approximate surface area is 183 Å². The molecule has 1 N–H and O–H groups in total. The predicted molar refractivity (Wildman–Crippen MR) is 118 cm³/mol. The lowest BCUT2D eigenvalue weighted by atomic mass is 9.78. The number of rotatable bonds is 6. The maximum absolute atomic E-state index is 12.6. The maximum Gasteiger partial charge on any atom is 0.222 e. The minimum Gasteiger partial charge on any atom is -0.366 e. The fourth-order valence-electron chi connectivity index (χ4n) is 4.60. The summed E-state index contributed by atoms with van der Waals surface area (Å²) in [4.78, 5) is 16.7. The molecule has 8 heteroatoms. The summed E-state index contributed by atoms with van der Waals surface area (Å²) in [5.41, 5.74) is 2.73. The first-order valence-electron chi connectivity index (χ1n) is 10.8. The predicted octanol–water partition coefficient (Wildman–Crippen LogP) is 2.37. The molecule has 31 heavy (non-hydrogen) atoms. The molecule has 1 aromatic carbocycles. The molecule has 1 atom stereocenters. The van der Waals surface area contributed by atoms with Crippen LogP contribution in [0.4, 0.5) is 0 Å². The van der Waals surface area contributed by atoms with E-state index in [0.29, 0.717) is 38.9 Å². The highest BCUT2D eigenvalue weighted by Gasteiger charge is 2.45. The zero-order valence-corrected chi connectivity index (χ0v) is 18.6. The number of fused-ring (bicyclic) bond motifs is 2. The van der Waals surface area contributed by atoms with Crippen LogP contribution in [0.15, 0.2) is 48.8 Å². The van der Waals surface area contributed by atoms with Gasteiger partial charge in [-0.2, -0.15) is 0 Å². The number of aromatic nitrogens is 1. The standard InChI is InChI=1S/C23H29N3O4S/c1-2-31(28,29)26-12-9-23(10-13-26)21-8-4-3-7-19(21)14-20(30-23)15-22(27)25-17-18-6-5-11-24-16-18/h3-8,11,16,20H,2,9-10,12-15,17H2,1H3,(H,25,27). The molecule has 1 amide bonds. The summed E-state index contributed by atoms with van der Waals surface area (Å²) in [6, 6.07) is 12.0. The number of carbonyl (C=O) groups excluding carboxylic acids is 1. The number of pyridine rings is 1. The van der Waals surface area contributed by atoms with Crippen LogP contribution in [0.3, 0.4) is 0 Å². The molecule has 2 aliphatic rings. The van der Waals surface area contributed by atoms with E-state index in [2.05, 4.69) is 22.4 Å². The van der Waals surface area contributed by atoms with Crippen molar-refractivity contribution in [3.8, 4) is 0 Å². The second-order valence-corrected chi connectivity index (χ2v) is 10.5. The van der Waals surface area contributed by atoms with Gasteiger partial charge in [-0.25, -0.2) is 12.7 Å². The molecule has 2 aliphatic heterocycles. The second kappa shape index (κ2) is 9.06. The Hall–Kier alpha value is -2.29. The van der Waals surface area contributed by atoms with E-state index in [-0.39, 0.29) is 24.2 Å². The van der Waals surface area contributed by atoms with E-state index >= 15 is 0 Å². The van der Waals surface area contributed by atoms with Gasteiger partial charge in [-0.3, -0.25) is 9.78 Å². The van der Waals surface area contributed by atoms with Gasteiger partial charge in [-0.05, 0) is 48.9 Å². The zero-order chi connectivity index (χ0) is 21.9. The number of ether oxygens (including phenoxy) is 1. The average Bonchev–Trinajstić information content (AvgIpc) is 2.79. The number of hydrogen-bond acceptors (Lipinski definition) is 5. The van der Waals surface area contributed by atoms with Crippen molar-refractivity contribution < 1.29 is 17.9 Å². The summed E-state index contributed by atoms with van der Waals surface area (Å²) in [5, 5.41) is 2.95. The quantitative estimate of drug-likeness (QED) is 0.741. The van der Waals surface area contributed by atoms with Gasteiger partial charge in [-0.15, -0.1) is 0 Å². The Morgan fingerprint density at radius 3 is 2.71 bits per heavy atom. The van der Waals surface area contributed by atoms with Crippen LogP contribution in [-0.4, -0.2) is 48.6 Å². The van der Waals surface area contributed by atoms with Crippen LogP contribution >= 0.6 is 0 Å². The Morgan fingerprint density at radius 1 is 1.23 bits per heavy atom. The first kappa shape index (κ1) is 21.9. The molecular weight excluding hydrogens is 414 g/mol. The van der Waals surface area contributed by atoms with Crippen LogP contribution in [0.2, 0.25) is 0 Å². The van der Waals surface area contributed by atoms with E-state index in [1.807, 2.05) is 24.3 Å². The lowest BCUT2D eigenvalue weighted by Gasteiger charge is -2.47. The molecule has 1 fully saturated rings. The average molecular weight is 444 g/mol. The number of amides is 1. The first-order chi connectivity index (χ1) is 14.9. The number of nitrogens with zero attached hydrogens (tertiary/aromatic N) is 2. The van der Waals surface area contributed by atoms with Gasteiger partial charge >= 0.3 is 0 Å². The molecule has 3 heterocycles. The third kappa shape index (κ3) is 4.81. The minimum atomic E-state index is -3.21. The van der Waals surface area contributed by atoms with E-state index in [4.69, 9.17) is 4.74 Å². The van der Waals surface area contributed by atoms with E-state index in [1.165, 1.54) is 5.56 Å². The zero-order valence-electron chi connectivity index (χ0n) is 17.8. The Bertz CT molecular complexity index is 1020. The fraction of sp³-hybridized carbons (Fsp3) is 0.478. The molecule has 4 rings (SSSR count). The first-order valence-corrected chi connectivity index (χ1v) is 12.4. The van der Waals surface area contributed by atoms with Crippen molar-refractivity contribution >= 4 is 15.9 Å². The van der Waals surface area contributed by atoms with Crippen molar-refractivity contribution in [3.63, 3.8) is 0 Å². The van der Waals surface area contributed by atoms with E-state index in [0.717, 1.165) is 11.1 Å². The van der Waals surface area contributed by atoms with Crippen molar-refractivity contribution in [2.24, 2.45) is 0 Å². The molecule has 0 bridgehead atoms. The van der Waals surface area contributed by atoms with Crippen molar-refractivity contribution in [1.82, 2.24) is 14.6 Å². The number of benzene rings is 1. The van der Waals surface area contributed by atoms with Crippen molar-refractivity contribution in [1.29, 1.82) is 0 Å².